The summed E-state index contributed by atoms with van der Waals surface area (Å²) in [5.41, 5.74) is 1.60. The second-order valence-corrected chi connectivity index (χ2v) is 5.21. The Kier molecular flexibility index (Phi) is 5.11. The number of likely N-dealkylation sites (N-methyl/N-ethyl adjacent to an activating group) is 1. The van der Waals surface area contributed by atoms with Crippen molar-refractivity contribution in [1.82, 2.24) is 14.5 Å². The minimum Gasteiger partial charge on any atom is -0.460 e. The number of hydrogen-bond acceptors (Lipinski definition) is 4. The molecule has 112 valence electrons. The Labute approximate surface area is 125 Å². The summed E-state index contributed by atoms with van der Waals surface area (Å²) in [7, 11) is 3.88. The highest BCUT2D eigenvalue weighted by Crippen LogP contribution is 2.19. The quantitative estimate of drug-likeness (QED) is 0.764. The van der Waals surface area contributed by atoms with Crippen molar-refractivity contribution in [3.05, 3.63) is 54.1 Å². The fraction of sp³-hybridized carbons (Fsp3) is 0.375. The van der Waals surface area contributed by atoms with Gasteiger partial charge in [0.2, 0.25) is 0 Å². The molecule has 21 heavy (non-hydrogen) atoms. The van der Waals surface area contributed by atoms with Crippen LogP contribution in [0.15, 0.2) is 42.9 Å². The van der Waals surface area contributed by atoms with E-state index in [1.165, 1.54) is 0 Å². The van der Waals surface area contributed by atoms with Crippen LogP contribution in [0, 0.1) is 0 Å². The molecular weight excluding hydrogens is 266 g/mol. The van der Waals surface area contributed by atoms with E-state index in [2.05, 4.69) is 4.98 Å². The van der Waals surface area contributed by atoms with Crippen molar-refractivity contribution in [2.24, 2.45) is 0 Å². The van der Waals surface area contributed by atoms with Crippen LogP contribution < -0.4 is 0 Å². The first-order valence-corrected chi connectivity index (χ1v) is 6.98. The predicted octanol–water partition coefficient (Wildman–Crippen LogP) is 2.21. The molecule has 0 saturated carbocycles. The van der Waals surface area contributed by atoms with Crippen LogP contribution >= 0.6 is 0 Å². The summed E-state index contributed by atoms with van der Waals surface area (Å²) in [4.78, 5) is 18.2. The van der Waals surface area contributed by atoms with E-state index < -0.39 is 0 Å². The molecule has 0 aliphatic carbocycles. The molecule has 5 heteroatoms. The summed E-state index contributed by atoms with van der Waals surface area (Å²) >= 11 is 0. The first-order chi connectivity index (χ1) is 10.1. The van der Waals surface area contributed by atoms with Crippen molar-refractivity contribution in [2.45, 2.75) is 13.0 Å². The van der Waals surface area contributed by atoms with Crippen LogP contribution in [0.5, 0.6) is 0 Å². The number of hydrogen-bond donors (Lipinski definition) is 0. The van der Waals surface area contributed by atoms with Gasteiger partial charge in [0, 0.05) is 6.54 Å². The Hall–Kier alpha value is -2.14. The third kappa shape index (κ3) is 3.92. The molecule has 0 aliphatic heterocycles. The van der Waals surface area contributed by atoms with Gasteiger partial charge in [-0.25, -0.2) is 9.78 Å². The van der Waals surface area contributed by atoms with Gasteiger partial charge in [-0.2, -0.15) is 0 Å². The molecule has 0 fully saturated rings. The third-order valence-electron chi connectivity index (χ3n) is 3.35. The highest BCUT2D eigenvalue weighted by molar-refractivity contribution is 5.87. The molecule has 0 amide bonds. The number of carbonyl (C=O) groups excluding carboxylic acids is 1. The topological polar surface area (TPSA) is 47.4 Å². The van der Waals surface area contributed by atoms with E-state index in [0.29, 0.717) is 18.8 Å². The Morgan fingerprint density at radius 3 is 2.71 bits per heavy atom. The smallest absolute Gasteiger partial charge is 0.356 e. The standard InChI is InChI=1S/C16H21N3O2/c1-13(14-7-5-4-6-8-14)19-12-17-11-15(19)16(20)21-10-9-18(2)3/h4-8,11-13H,9-10H2,1-3H3. The SMILES string of the molecule is CC(c1ccccc1)n1cncc1C(=O)OCCN(C)C. The van der Waals surface area contributed by atoms with Gasteiger partial charge in [-0.1, -0.05) is 30.3 Å². The number of benzene rings is 1. The Morgan fingerprint density at radius 1 is 1.33 bits per heavy atom. The molecule has 2 aromatic rings. The first kappa shape index (κ1) is 15.3. The van der Waals surface area contributed by atoms with E-state index in [1.807, 2.05) is 60.8 Å². The average Bonchev–Trinajstić information content (AvgIpc) is 2.96. The van der Waals surface area contributed by atoms with Gasteiger partial charge in [-0.3, -0.25) is 0 Å². The number of esters is 1. The van der Waals surface area contributed by atoms with E-state index in [4.69, 9.17) is 4.74 Å². The van der Waals surface area contributed by atoms with Crippen LogP contribution in [0.1, 0.15) is 29.0 Å². The zero-order valence-corrected chi connectivity index (χ0v) is 12.7. The Balaban J connectivity index is 2.09. The number of aromatic nitrogens is 2. The molecule has 1 aromatic heterocycles. The Morgan fingerprint density at radius 2 is 2.05 bits per heavy atom. The van der Waals surface area contributed by atoms with Gasteiger partial charge in [-0.05, 0) is 26.6 Å². The fourth-order valence-corrected chi connectivity index (χ4v) is 2.06. The Bertz CT molecular complexity index is 578. The molecule has 1 atom stereocenters. The van der Waals surface area contributed by atoms with Crippen LogP contribution in [-0.2, 0) is 4.74 Å². The van der Waals surface area contributed by atoms with E-state index in [-0.39, 0.29) is 12.0 Å². The van der Waals surface area contributed by atoms with Crippen LogP contribution in [0.25, 0.3) is 0 Å². The summed E-state index contributed by atoms with van der Waals surface area (Å²) in [6.45, 7) is 3.11. The lowest BCUT2D eigenvalue weighted by molar-refractivity contribution is 0.0468. The molecule has 5 nitrogen and oxygen atoms in total. The summed E-state index contributed by atoms with van der Waals surface area (Å²) in [6, 6.07) is 10.0. The maximum Gasteiger partial charge on any atom is 0.356 e. The molecule has 0 aliphatic rings. The lowest BCUT2D eigenvalue weighted by atomic mass is 10.1. The second-order valence-electron chi connectivity index (χ2n) is 5.21. The number of carbonyl (C=O) groups is 1. The number of imidazole rings is 1. The molecule has 1 unspecified atom stereocenters. The highest BCUT2D eigenvalue weighted by atomic mass is 16.5. The van der Waals surface area contributed by atoms with Crippen LogP contribution in [0.3, 0.4) is 0 Å². The summed E-state index contributed by atoms with van der Waals surface area (Å²) in [5, 5.41) is 0. The number of ether oxygens (including phenoxy) is 1. The van der Waals surface area contributed by atoms with Gasteiger partial charge in [0.25, 0.3) is 0 Å². The van der Waals surface area contributed by atoms with E-state index in [1.54, 1.807) is 12.5 Å². The van der Waals surface area contributed by atoms with Crippen molar-refractivity contribution < 1.29 is 9.53 Å². The lowest BCUT2D eigenvalue weighted by Crippen LogP contribution is -2.22. The minimum absolute atomic E-state index is 0.0325. The number of rotatable bonds is 6. The predicted molar refractivity (Wildman–Crippen MR) is 81.3 cm³/mol. The molecule has 0 bridgehead atoms. The number of nitrogens with zero attached hydrogens (tertiary/aromatic N) is 3. The normalized spacial score (nSPS) is 12.4. The fourth-order valence-electron chi connectivity index (χ4n) is 2.06. The maximum absolute atomic E-state index is 12.1. The largest absolute Gasteiger partial charge is 0.460 e. The maximum atomic E-state index is 12.1. The summed E-state index contributed by atoms with van der Waals surface area (Å²) in [5.74, 6) is -0.336. The van der Waals surface area contributed by atoms with Crippen molar-refractivity contribution in [3.63, 3.8) is 0 Å². The second kappa shape index (κ2) is 7.04. The lowest BCUT2D eigenvalue weighted by Gasteiger charge is -2.16. The third-order valence-corrected chi connectivity index (χ3v) is 3.35. The van der Waals surface area contributed by atoms with Crippen LogP contribution in [-0.4, -0.2) is 47.7 Å². The van der Waals surface area contributed by atoms with Gasteiger partial charge in [0.05, 0.1) is 18.6 Å². The zero-order chi connectivity index (χ0) is 15.2. The van der Waals surface area contributed by atoms with Gasteiger partial charge in [0.15, 0.2) is 0 Å². The van der Waals surface area contributed by atoms with Crippen molar-refractivity contribution in [1.29, 1.82) is 0 Å². The van der Waals surface area contributed by atoms with Crippen molar-refractivity contribution >= 4 is 5.97 Å². The van der Waals surface area contributed by atoms with Gasteiger partial charge in [-0.15, -0.1) is 0 Å². The molecule has 1 heterocycles. The zero-order valence-electron chi connectivity index (χ0n) is 12.7. The average molecular weight is 287 g/mol. The molecule has 2 rings (SSSR count). The molecule has 0 radical (unpaired) electrons. The molecular formula is C16H21N3O2. The molecule has 0 saturated heterocycles. The monoisotopic (exact) mass is 287 g/mol. The van der Waals surface area contributed by atoms with Crippen LogP contribution in [0.2, 0.25) is 0 Å². The van der Waals surface area contributed by atoms with Crippen molar-refractivity contribution in [2.75, 3.05) is 27.2 Å². The van der Waals surface area contributed by atoms with Crippen LogP contribution in [0.4, 0.5) is 0 Å². The summed E-state index contributed by atoms with van der Waals surface area (Å²) in [6.07, 6.45) is 3.22. The van der Waals surface area contributed by atoms with Gasteiger partial charge in [0.1, 0.15) is 12.3 Å². The minimum atomic E-state index is -0.336. The van der Waals surface area contributed by atoms with Gasteiger partial charge < -0.3 is 14.2 Å². The molecule has 0 spiro atoms. The van der Waals surface area contributed by atoms with E-state index >= 15 is 0 Å². The summed E-state index contributed by atoms with van der Waals surface area (Å²) < 4.78 is 7.12. The van der Waals surface area contributed by atoms with E-state index in [0.717, 1.165) is 5.56 Å². The first-order valence-electron chi connectivity index (χ1n) is 6.98. The van der Waals surface area contributed by atoms with Crippen molar-refractivity contribution in [3.8, 4) is 0 Å². The van der Waals surface area contributed by atoms with E-state index in [9.17, 15) is 4.79 Å². The van der Waals surface area contributed by atoms with Gasteiger partial charge >= 0.3 is 5.97 Å². The highest BCUT2D eigenvalue weighted by Gasteiger charge is 2.18. The molecule has 1 aromatic carbocycles. The molecule has 0 N–H and O–H groups in total.